The molecule has 0 saturated heterocycles. The molecule has 3 nitrogen and oxygen atoms in total. The largest absolute Gasteiger partial charge is 0.305 e. The van der Waals surface area contributed by atoms with E-state index in [1.807, 2.05) is 0 Å². The quantitative estimate of drug-likeness (QED) is 0.788. The Morgan fingerprint density at radius 3 is 2.90 bits per heavy atom. The van der Waals surface area contributed by atoms with E-state index in [0.29, 0.717) is 6.04 Å². The summed E-state index contributed by atoms with van der Waals surface area (Å²) in [7, 11) is 0. The van der Waals surface area contributed by atoms with Crippen LogP contribution in [0.5, 0.6) is 0 Å². The Labute approximate surface area is 123 Å². The third-order valence-electron chi connectivity index (χ3n) is 3.79. The average Bonchev–Trinajstić information content (AvgIpc) is 2.97. The van der Waals surface area contributed by atoms with Gasteiger partial charge in [0.2, 0.25) is 0 Å². The SMILES string of the molecule is Cc1ccccc1C(C)NCc1c(C)nc2sccn12. The minimum atomic E-state index is 0.333. The number of aryl methyl sites for hydroxylation is 2. The number of benzene rings is 1. The number of fused-ring (bicyclic) bond motifs is 1. The van der Waals surface area contributed by atoms with Gasteiger partial charge < -0.3 is 5.32 Å². The Bertz CT molecular complexity index is 726. The Morgan fingerprint density at radius 2 is 2.10 bits per heavy atom. The fraction of sp³-hybridized carbons (Fsp3) is 0.312. The standard InChI is InChI=1S/C16H19N3S/c1-11-6-4-5-7-14(11)12(2)17-10-15-13(3)18-16-19(15)8-9-20-16/h4-9,12,17H,10H2,1-3H3. The molecule has 104 valence electrons. The molecule has 2 heterocycles. The van der Waals surface area contributed by atoms with E-state index in [2.05, 4.69) is 71.3 Å². The normalized spacial score (nSPS) is 12.9. The van der Waals surface area contributed by atoms with Crippen molar-refractivity contribution in [3.05, 3.63) is 58.4 Å². The molecule has 20 heavy (non-hydrogen) atoms. The van der Waals surface area contributed by atoms with Gasteiger partial charge in [-0.3, -0.25) is 4.40 Å². The van der Waals surface area contributed by atoms with Crippen LogP contribution in [0, 0.1) is 13.8 Å². The van der Waals surface area contributed by atoms with Gasteiger partial charge in [0.15, 0.2) is 4.96 Å². The summed E-state index contributed by atoms with van der Waals surface area (Å²) >= 11 is 1.68. The zero-order valence-electron chi connectivity index (χ0n) is 12.1. The van der Waals surface area contributed by atoms with E-state index in [1.165, 1.54) is 16.8 Å². The van der Waals surface area contributed by atoms with E-state index >= 15 is 0 Å². The molecule has 0 bridgehead atoms. The van der Waals surface area contributed by atoms with Gasteiger partial charge >= 0.3 is 0 Å². The summed E-state index contributed by atoms with van der Waals surface area (Å²) in [4.78, 5) is 5.65. The van der Waals surface area contributed by atoms with Crippen LogP contribution in [0.3, 0.4) is 0 Å². The van der Waals surface area contributed by atoms with E-state index in [4.69, 9.17) is 0 Å². The van der Waals surface area contributed by atoms with Crippen molar-refractivity contribution in [1.29, 1.82) is 0 Å². The molecule has 0 fully saturated rings. The van der Waals surface area contributed by atoms with Gasteiger partial charge in [-0.2, -0.15) is 0 Å². The van der Waals surface area contributed by atoms with Gasteiger partial charge in [-0.1, -0.05) is 24.3 Å². The molecule has 4 heteroatoms. The maximum Gasteiger partial charge on any atom is 0.194 e. The molecular weight excluding hydrogens is 266 g/mol. The molecule has 3 aromatic rings. The lowest BCUT2D eigenvalue weighted by Crippen LogP contribution is -2.20. The Balaban J connectivity index is 1.78. The predicted molar refractivity (Wildman–Crippen MR) is 84.2 cm³/mol. The predicted octanol–water partition coefficient (Wildman–Crippen LogP) is 3.86. The molecule has 0 saturated carbocycles. The summed E-state index contributed by atoms with van der Waals surface area (Å²) in [6.07, 6.45) is 2.09. The van der Waals surface area contributed by atoms with E-state index in [9.17, 15) is 0 Å². The van der Waals surface area contributed by atoms with Gasteiger partial charge in [-0.15, -0.1) is 11.3 Å². The fourth-order valence-electron chi connectivity index (χ4n) is 2.59. The molecule has 0 spiro atoms. The number of aromatic nitrogens is 2. The van der Waals surface area contributed by atoms with Crippen molar-refractivity contribution in [2.24, 2.45) is 0 Å². The molecule has 0 aliphatic carbocycles. The van der Waals surface area contributed by atoms with Gasteiger partial charge in [-0.05, 0) is 31.9 Å². The van der Waals surface area contributed by atoms with E-state index in [0.717, 1.165) is 17.2 Å². The second-order valence-electron chi connectivity index (χ2n) is 5.16. The highest BCUT2D eigenvalue weighted by molar-refractivity contribution is 7.15. The Kier molecular flexibility index (Phi) is 3.59. The van der Waals surface area contributed by atoms with Crippen LogP contribution in [0.15, 0.2) is 35.8 Å². The highest BCUT2D eigenvalue weighted by Gasteiger charge is 2.12. The van der Waals surface area contributed by atoms with Gasteiger partial charge in [0.05, 0.1) is 11.4 Å². The van der Waals surface area contributed by atoms with Crippen molar-refractivity contribution in [1.82, 2.24) is 14.7 Å². The molecule has 2 aromatic heterocycles. The minimum absolute atomic E-state index is 0.333. The second kappa shape index (κ2) is 5.38. The van der Waals surface area contributed by atoms with Gasteiger partial charge in [0.1, 0.15) is 0 Å². The monoisotopic (exact) mass is 285 g/mol. The van der Waals surface area contributed by atoms with Crippen LogP contribution >= 0.6 is 11.3 Å². The first-order valence-corrected chi connectivity index (χ1v) is 7.74. The number of thiazole rings is 1. The molecule has 0 radical (unpaired) electrons. The van der Waals surface area contributed by atoms with Gasteiger partial charge in [-0.25, -0.2) is 4.98 Å². The van der Waals surface area contributed by atoms with Crippen LogP contribution in [0.1, 0.15) is 35.5 Å². The van der Waals surface area contributed by atoms with Crippen molar-refractivity contribution in [2.45, 2.75) is 33.4 Å². The molecular formula is C16H19N3S. The number of nitrogens with one attached hydrogen (secondary N) is 1. The Morgan fingerprint density at radius 1 is 1.30 bits per heavy atom. The van der Waals surface area contributed by atoms with Crippen LogP contribution in [0.25, 0.3) is 4.96 Å². The van der Waals surface area contributed by atoms with Crippen molar-refractivity contribution in [2.75, 3.05) is 0 Å². The lowest BCUT2D eigenvalue weighted by molar-refractivity contribution is 0.562. The number of rotatable bonds is 4. The summed E-state index contributed by atoms with van der Waals surface area (Å²) in [5.74, 6) is 0. The summed E-state index contributed by atoms with van der Waals surface area (Å²) < 4.78 is 2.18. The summed E-state index contributed by atoms with van der Waals surface area (Å²) in [6, 6.07) is 8.87. The second-order valence-corrected chi connectivity index (χ2v) is 6.03. The van der Waals surface area contributed by atoms with Crippen LogP contribution in [-0.2, 0) is 6.54 Å². The minimum Gasteiger partial charge on any atom is -0.305 e. The smallest absolute Gasteiger partial charge is 0.194 e. The highest BCUT2D eigenvalue weighted by atomic mass is 32.1. The molecule has 0 aliphatic rings. The first kappa shape index (κ1) is 13.3. The van der Waals surface area contributed by atoms with Crippen molar-refractivity contribution < 1.29 is 0 Å². The summed E-state index contributed by atoms with van der Waals surface area (Å²) in [5, 5.41) is 5.69. The highest BCUT2D eigenvalue weighted by Crippen LogP contribution is 2.20. The molecule has 3 rings (SSSR count). The molecule has 0 aliphatic heterocycles. The topological polar surface area (TPSA) is 29.3 Å². The summed E-state index contributed by atoms with van der Waals surface area (Å²) in [6.45, 7) is 7.28. The van der Waals surface area contributed by atoms with E-state index in [-0.39, 0.29) is 0 Å². The van der Waals surface area contributed by atoms with Crippen LogP contribution in [0.2, 0.25) is 0 Å². The van der Waals surface area contributed by atoms with E-state index in [1.54, 1.807) is 11.3 Å². The molecule has 1 unspecified atom stereocenters. The molecule has 1 atom stereocenters. The fourth-order valence-corrected chi connectivity index (χ4v) is 3.36. The maximum absolute atomic E-state index is 4.58. The average molecular weight is 285 g/mol. The van der Waals surface area contributed by atoms with Gasteiger partial charge in [0, 0.05) is 24.2 Å². The van der Waals surface area contributed by atoms with E-state index < -0.39 is 0 Å². The third kappa shape index (κ3) is 2.37. The lowest BCUT2D eigenvalue weighted by Gasteiger charge is -2.16. The zero-order valence-corrected chi connectivity index (χ0v) is 12.9. The van der Waals surface area contributed by atoms with Crippen molar-refractivity contribution in [3.63, 3.8) is 0 Å². The first-order valence-electron chi connectivity index (χ1n) is 6.86. The maximum atomic E-state index is 4.58. The first-order chi connectivity index (χ1) is 9.66. The Hall–Kier alpha value is -1.65. The van der Waals surface area contributed by atoms with Crippen molar-refractivity contribution in [3.8, 4) is 0 Å². The third-order valence-corrected chi connectivity index (χ3v) is 4.55. The zero-order chi connectivity index (χ0) is 14.1. The number of hydrogen-bond donors (Lipinski definition) is 1. The van der Waals surface area contributed by atoms with Crippen LogP contribution < -0.4 is 5.32 Å². The van der Waals surface area contributed by atoms with Crippen molar-refractivity contribution >= 4 is 16.3 Å². The molecule has 1 N–H and O–H groups in total. The molecule has 0 amide bonds. The van der Waals surface area contributed by atoms with Gasteiger partial charge in [0.25, 0.3) is 0 Å². The van der Waals surface area contributed by atoms with Crippen LogP contribution in [0.4, 0.5) is 0 Å². The molecule has 1 aromatic carbocycles. The lowest BCUT2D eigenvalue weighted by atomic mass is 10.0. The number of hydrogen-bond acceptors (Lipinski definition) is 3. The van der Waals surface area contributed by atoms with Crippen LogP contribution in [-0.4, -0.2) is 9.38 Å². The summed E-state index contributed by atoms with van der Waals surface area (Å²) in [5.41, 5.74) is 5.05. The number of nitrogens with zero attached hydrogens (tertiary/aromatic N) is 2. The number of imidazole rings is 1.